The molecule has 1 aromatic rings. The van der Waals surface area contributed by atoms with Gasteiger partial charge in [-0.05, 0) is 37.6 Å². The van der Waals surface area contributed by atoms with Gasteiger partial charge in [-0.1, -0.05) is 56.8 Å². The summed E-state index contributed by atoms with van der Waals surface area (Å²) in [5.41, 5.74) is 2.51. The molecule has 1 rings (SSSR count). The minimum atomic E-state index is -0.0166. The predicted molar refractivity (Wildman–Crippen MR) is 89.4 cm³/mol. The number of thioether (sulfide) groups is 1. The van der Waals surface area contributed by atoms with Gasteiger partial charge in [0.1, 0.15) is 0 Å². The Morgan fingerprint density at radius 2 is 1.85 bits per heavy atom. The number of carbonyl (C=O) groups is 1. The molecule has 20 heavy (non-hydrogen) atoms. The van der Waals surface area contributed by atoms with Crippen LogP contribution >= 0.6 is 11.8 Å². The summed E-state index contributed by atoms with van der Waals surface area (Å²) in [7, 11) is 4.07. The third kappa shape index (κ3) is 5.68. The molecule has 0 aliphatic carbocycles. The van der Waals surface area contributed by atoms with Crippen LogP contribution in [0.2, 0.25) is 0 Å². The molecule has 0 aromatic heterocycles. The molecule has 0 N–H and O–H groups in total. The molecule has 1 unspecified atom stereocenters. The van der Waals surface area contributed by atoms with Crippen LogP contribution in [0, 0.1) is 5.92 Å². The lowest BCUT2D eigenvalue weighted by molar-refractivity contribution is -0.111. The van der Waals surface area contributed by atoms with Gasteiger partial charge in [0.25, 0.3) is 0 Å². The Kier molecular flexibility index (Phi) is 7.31. The number of benzene rings is 1. The van der Waals surface area contributed by atoms with Crippen LogP contribution in [0.3, 0.4) is 0 Å². The standard InChI is InChI=1S/C17H27NOS/c1-13(2)12-15-8-6-7-9-16(15)14(3)17(19)20-11-10-18(4)5/h6-9,13-14H,10-12H2,1-5H3. The average Bonchev–Trinajstić information content (AvgIpc) is 2.37. The Morgan fingerprint density at radius 1 is 1.20 bits per heavy atom. The third-order valence-electron chi connectivity index (χ3n) is 3.29. The minimum absolute atomic E-state index is 0.0166. The van der Waals surface area contributed by atoms with E-state index in [1.54, 1.807) is 0 Å². The second kappa shape index (κ2) is 8.48. The minimum Gasteiger partial charge on any atom is -0.309 e. The molecule has 0 spiro atoms. The summed E-state index contributed by atoms with van der Waals surface area (Å²) in [5.74, 6) is 1.46. The maximum Gasteiger partial charge on any atom is 0.196 e. The fourth-order valence-corrected chi connectivity index (χ4v) is 3.20. The first-order valence-electron chi connectivity index (χ1n) is 7.31. The van der Waals surface area contributed by atoms with E-state index in [9.17, 15) is 4.79 Å². The lowest BCUT2D eigenvalue weighted by Crippen LogP contribution is -2.17. The van der Waals surface area contributed by atoms with E-state index in [1.807, 2.05) is 27.1 Å². The van der Waals surface area contributed by atoms with Gasteiger partial charge in [-0.15, -0.1) is 0 Å². The fraction of sp³-hybridized carbons (Fsp3) is 0.588. The normalized spacial score (nSPS) is 12.9. The van der Waals surface area contributed by atoms with Crippen LogP contribution in [0.1, 0.15) is 37.8 Å². The smallest absolute Gasteiger partial charge is 0.196 e. The Bertz CT molecular complexity index is 429. The van der Waals surface area contributed by atoms with Crippen molar-refractivity contribution in [3.8, 4) is 0 Å². The molecular formula is C17H27NOS. The van der Waals surface area contributed by atoms with E-state index in [1.165, 1.54) is 22.9 Å². The lowest BCUT2D eigenvalue weighted by Gasteiger charge is -2.17. The van der Waals surface area contributed by atoms with Crippen molar-refractivity contribution >= 4 is 16.9 Å². The molecule has 0 fully saturated rings. The predicted octanol–water partition coefficient (Wildman–Crippen LogP) is 3.81. The van der Waals surface area contributed by atoms with Crippen molar-refractivity contribution in [2.24, 2.45) is 5.92 Å². The van der Waals surface area contributed by atoms with Crippen LogP contribution in [0.4, 0.5) is 0 Å². The van der Waals surface area contributed by atoms with Crippen LogP contribution in [0.5, 0.6) is 0 Å². The van der Waals surface area contributed by atoms with Crippen LogP contribution in [0.25, 0.3) is 0 Å². The molecule has 0 bridgehead atoms. The molecule has 0 amide bonds. The van der Waals surface area contributed by atoms with E-state index in [0.29, 0.717) is 5.92 Å². The molecule has 3 heteroatoms. The van der Waals surface area contributed by atoms with E-state index in [4.69, 9.17) is 0 Å². The first-order chi connectivity index (χ1) is 9.41. The molecule has 0 saturated heterocycles. The first kappa shape index (κ1) is 17.3. The van der Waals surface area contributed by atoms with Gasteiger partial charge in [0.15, 0.2) is 5.12 Å². The van der Waals surface area contributed by atoms with Crippen molar-refractivity contribution in [1.29, 1.82) is 0 Å². The topological polar surface area (TPSA) is 20.3 Å². The van der Waals surface area contributed by atoms with Crippen LogP contribution in [0.15, 0.2) is 24.3 Å². The Morgan fingerprint density at radius 3 is 2.45 bits per heavy atom. The van der Waals surface area contributed by atoms with Crippen molar-refractivity contribution in [3.63, 3.8) is 0 Å². The highest BCUT2D eigenvalue weighted by molar-refractivity contribution is 8.13. The van der Waals surface area contributed by atoms with E-state index in [-0.39, 0.29) is 11.0 Å². The van der Waals surface area contributed by atoms with Crippen molar-refractivity contribution < 1.29 is 4.79 Å². The summed E-state index contributed by atoms with van der Waals surface area (Å²) in [5, 5.41) is 0.281. The quantitative estimate of drug-likeness (QED) is 0.762. The molecule has 1 aromatic carbocycles. The Labute approximate surface area is 127 Å². The van der Waals surface area contributed by atoms with Gasteiger partial charge in [0, 0.05) is 12.3 Å². The SMILES string of the molecule is CC(C)Cc1ccccc1C(C)C(=O)SCCN(C)C. The molecular weight excluding hydrogens is 266 g/mol. The highest BCUT2D eigenvalue weighted by Gasteiger charge is 2.18. The summed E-state index contributed by atoms with van der Waals surface area (Å²) in [4.78, 5) is 14.4. The summed E-state index contributed by atoms with van der Waals surface area (Å²) < 4.78 is 0. The molecule has 0 aliphatic rings. The summed E-state index contributed by atoms with van der Waals surface area (Å²) in [6, 6.07) is 8.36. The summed E-state index contributed by atoms with van der Waals surface area (Å²) >= 11 is 1.45. The zero-order chi connectivity index (χ0) is 15.1. The number of carbonyl (C=O) groups excluding carboxylic acids is 1. The summed E-state index contributed by atoms with van der Waals surface area (Å²) in [6.07, 6.45) is 1.04. The van der Waals surface area contributed by atoms with Gasteiger partial charge in [-0.25, -0.2) is 0 Å². The van der Waals surface area contributed by atoms with Crippen molar-refractivity contribution in [1.82, 2.24) is 4.90 Å². The van der Waals surface area contributed by atoms with Gasteiger partial charge in [0.05, 0.1) is 5.92 Å². The zero-order valence-electron chi connectivity index (χ0n) is 13.3. The summed E-state index contributed by atoms with van der Waals surface area (Å²) in [6.45, 7) is 7.41. The van der Waals surface area contributed by atoms with E-state index in [2.05, 4.69) is 36.9 Å². The number of hydrogen-bond donors (Lipinski definition) is 0. The molecule has 0 radical (unpaired) electrons. The van der Waals surface area contributed by atoms with E-state index >= 15 is 0 Å². The van der Waals surface area contributed by atoms with Crippen LogP contribution in [-0.2, 0) is 11.2 Å². The average molecular weight is 293 g/mol. The van der Waals surface area contributed by atoms with E-state index < -0.39 is 0 Å². The highest BCUT2D eigenvalue weighted by atomic mass is 32.2. The molecule has 0 heterocycles. The Balaban J connectivity index is 2.70. The monoisotopic (exact) mass is 293 g/mol. The zero-order valence-corrected chi connectivity index (χ0v) is 14.2. The van der Waals surface area contributed by atoms with Gasteiger partial charge in [-0.3, -0.25) is 4.79 Å². The molecule has 0 saturated carbocycles. The van der Waals surface area contributed by atoms with Gasteiger partial charge < -0.3 is 4.90 Å². The lowest BCUT2D eigenvalue weighted by atomic mass is 9.91. The number of rotatable bonds is 7. The van der Waals surface area contributed by atoms with Gasteiger partial charge >= 0.3 is 0 Å². The van der Waals surface area contributed by atoms with Crippen molar-refractivity contribution in [2.45, 2.75) is 33.1 Å². The highest BCUT2D eigenvalue weighted by Crippen LogP contribution is 2.26. The first-order valence-corrected chi connectivity index (χ1v) is 8.29. The van der Waals surface area contributed by atoms with Crippen LogP contribution < -0.4 is 0 Å². The van der Waals surface area contributed by atoms with Crippen molar-refractivity contribution in [2.75, 3.05) is 26.4 Å². The van der Waals surface area contributed by atoms with Gasteiger partial charge in [0.2, 0.25) is 0 Å². The van der Waals surface area contributed by atoms with E-state index in [0.717, 1.165) is 18.7 Å². The molecule has 1 atom stereocenters. The maximum atomic E-state index is 12.3. The molecule has 2 nitrogen and oxygen atoms in total. The molecule has 0 aliphatic heterocycles. The fourth-order valence-electron chi connectivity index (χ4n) is 2.16. The number of nitrogens with zero attached hydrogens (tertiary/aromatic N) is 1. The number of hydrogen-bond acceptors (Lipinski definition) is 3. The molecule has 112 valence electrons. The Hall–Kier alpha value is -0.800. The second-order valence-corrected chi connectivity index (χ2v) is 7.09. The van der Waals surface area contributed by atoms with Gasteiger partial charge in [-0.2, -0.15) is 0 Å². The largest absolute Gasteiger partial charge is 0.309 e. The van der Waals surface area contributed by atoms with Crippen molar-refractivity contribution in [3.05, 3.63) is 35.4 Å². The third-order valence-corrected chi connectivity index (χ3v) is 4.31. The van der Waals surface area contributed by atoms with Crippen LogP contribution in [-0.4, -0.2) is 36.4 Å². The maximum absolute atomic E-state index is 12.3. The second-order valence-electron chi connectivity index (χ2n) is 5.99.